The molecule has 5 heteroatoms. The van der Waals surface area contributed by atoms with Crippen molar-refractivity contribution in [2.45, 2.75) is 0 Å². The van der Waals surface area contributed by atoms with Crippen LogP contribution >= 0.6 is 0 Å². The Kier molecular flexibility index (Phi) is 3.09. The van der Waals surface area contributed by atoms with Crippen molar-refractivity contribution in [1.82, 2.24) is 9.66 Å². The van der Waals surface area contributed by atoms with Gasteiger partial charge in [-0.1, -0.05) is 18.2 Å². The minimum Gasteiger partial charge on any atom is -0.504 e. The van der Waals surface area contributed by atoms with Gasteiger partial charge in [0, 0.05) is 5.56 Å². The van der Waals surface area contributed by atoms with Crippen molar-refractivity contribution < 1.29 is 9.84 Å². The molecule has 1 N–H and O–H groups in total. The molecular weight excluding hydrogens is 254 g/mol. The molecule has 2 aromatic carbocycles. The molecule has 0 saturated heterocycles. The highest BCUT2D eigenvalue weighted by atomic mass is 16.5. The Labute approximate surface area is 115 Å². The van der Waals surface area contributed by atoms with Gasteiger partial charge in [0.25, 0.3) is 0 Å². The van der Waals surface area contributed by atoms with Crippen LogP contribution in [0.3, 0.4) is 0 Å². The first-order valence-corrected chi connectivity index (χ1v) is 6.12. The number of hydrogen-bond acceptors (Lipinski definition) is 4. The van der Waals surface area contributed by atoms with E-state index in [1.807, 2.05) is 24.3 Å². The smallest absolute Gasteiger partial charge is 0.166 e. The van der Waals surface area contributed by atoms with Crippen molar-refractivity contribution in [2.24, 2.45) is 5.10 Å². The number of aromatic nitrogens is 2. The molecule has 20 heavy (non-hydrogen) atoms. The minimum atomic E-state index is 0.0724. The van der Waals surface area contributed by atoms with Gasteiger partial charge in [-0.25, -0.2) is 9.66 Å². The number of fused-ring (bicyclic) bond motifs is 1. The first-order valence-electron chi connectivity index (χ1n) is 6.12. The van der Waals surface area contributed by atoms with Gasteiger partial charge in [-0.3, -0.25) is 0 Å². The van der Waals surface area contributed by atoms with Crippen molar-refractivity contribution >= 4 is 17.2 Å². The molecule has 0 aliphatic carbocycles. The van der Waals surface area contributed by atoms with Crippen LogP contribution in [-0.2, 0) is 0 Å². The average Bonchev–Trinajstić information content (AvgIpc) is 2.89. The molecule has 3 rings (SSSR count). The van der Waals surface area contributed by atoms with Crippen molar-refractivity contribution in [1.29, 1.82) is 0 Å². The lowest BCUT2D eigenvalue weighted by Crippen LogP contribution is -1.91. The van der Waals surface area contributed by atoms with Crippen LogP contribution in [-0.4, -0.2) is 28.1 Å². The highest BCUT2D eigenvalue weighted by molar-refractivity contribution is 5.85. The van der Waals surface area contributed by atoms with E-state index in [0.717, 1.165) is 11.0 Å². The molecule has 3 aromatic rings. The zero-order valence-corrected chi connectivity index (χ0v) is 10.9. The second-order valence-corrected chi connectivity index (χ2v) is 4.22. The fourth-order valence-electron chi connectivity index (χ4n) is 1.97. The predicted octanol–water partition coefficient (Wildman–Crippen LogP) is 2.63. The van der Waals surface area contributed by atoms with Crippen LogP contribution in [0.4, 0.5) is 0 Å². The minimum absolute atomic E-state index is 0.0724. The molecule has 0 fully saturated rings. The van der Waals surface area contributed by atoms with Crippen LogP contribution in [0.15, 0.2) is 53.9 Å². The Bertz CT molecular complexity index is 778. The lowest BCUT2D eigenvalue weighted by molar-refractivity contribution is 0.373. The van der Waals surface area contributed by atoms with Gasteiger partial charge in [-0.05, 0) is 24.3 Å². The Morgan fingerprint density at radius 2 is 2.05 bits per heavy atom. The fourth-order valence-corrected chi connectivity index (χ4v) is 1.97. The number of nitrogens with zero attached hydrogens (tertiary/aromatic N) is 3. The van der Waals surface area contributed by atoms with Crippen LogP contribution in [0.5, 0.6) is 11.5 Å². The van der Waals surface area contributed by atoms with Gasteiger partial charge in [0.05, 0.1) is 24.4 Å². The molecule has 1 aromatic heterocycles. The number of hydrogen-bond donors (Lipinski definition) is 1. The van der Waals surface area contributed by atoms with Gasteiger partial charge in [0.15, 0.2) is 11.5 Å². The summed E-state index contributed by atoms with van der Waals surface area (Å²) in [5.74, 6) is 0.493. The van der Waals surface area contributed by atoms with Crippen LogP contribution in [0, 0.1) is 0 Å². The number of rotatable bonds is 3. The van der Waals surface area contributed by atoms with Gasteiger partial charge < -0.3 is 9.84 Å². The number of aromatic hydroxyl groups is 1. The zero-order chi connectivity index (χ0) is 13.9. The predicted molar refractivity (Wildman–Crippen MR) is 77.4 cm³/mol. The maximum atomic E-state index is 9.99. The third-order valence-corrected chi connectivity index (χ3v) is 3.01. The summed E-state index contributed by atoms with van der Waals surface area (Å²) in [6.45, 7) is 0. The molecule has 0 amide bonds. The topological polar surface area (TPSA) is 59.6 Å². The first-order chi connectivity index (χ1) is 9.79. The lowest BCUT2D eigenvalue weighted by atomic mass is 10.2. The zero-order valence-electron chi connectivity index (χ0n) is 10.9. The molecule has 0 bridgehead atoms. The van der Waals surface area contributed by atoms with E-state index in [4.69, 9.17) is 4.74 Å². The van der Waals surface area contributed by atoms with Crippen molar-refractivity contribution in [3.05, 3.63) is 54.4 Å². The maximum Gasteiger partial charge on any atom is 0.166 e. The van der Waals surface area contributed by atoms with E-state index < -0.39 is 0 Å². The van der Waals surface area contributed by atoms with Crippen molar-refractivity contribution in [2.75, 3.05) is 7.11 Å². The summed E-state index contributed by atoms with van der Waals surface area (Å²) in [5, 5.41) is 14.3. The number of phenols is 1. The summed E-state index contributed by atoms with van der Waals surface area (Å²) >= 11 is 0. The molecule has 0 spiro atoms. The Morgan fingerprint density at radius 1 is 1.20 bits per heavy atom. The van der Waals surface area contributed by atoms with Gasteiger partial charge >= 0.3 is 0 Å². The molecule has 0 aliphatic rings. The number of methoxy groups -OCH3 is 1. The van der Waals surface area contributed by atoms with E-state index in [2.05, 4.69) is 10.1 Å². The summed E-state index contributed by atoms with van der Waals surface area (Å²) in [6.07, 6.45) is 3.21. The van der Waals surface area contributed by atoms with Gasteiger partial charge in [-0.15, -0.1) is 0 Å². The van der Waals surface area contributed by atoms with E-state index in [0.29, 0.717) is 11.3 Å². The van der Waals surface area contributed by atoms with Crippen LogP contribution in [0.2, 0.25) is 0 Å². The molecular formula is C15H13N3O2. The molecule has 1 heterocycles. The van der Waals surface area contributed by atoms with E-state index in [-0.39, 0.29) is 5.75 Å². The highest BCUT2D eigenvalue weighted by Gasteiger charge is 2.05. The second kappa shape index (κ2) is 5.05. The number of benzene rings is 2. The van der Waals surface area contributed by atoms with E-state index in [1.54, 1.807) is 35.4 Å². The summed E-state index contributed by atoms with van der Waals surface area (Å²) < 4.78 is 6.72. The summed E-state index contributed by atoms with van der Waals surface area (Å²) in [6, 6.07) is 13.0. The van der Waals surface area contributed by atoms with E-state index in [1.165, 1.54) is 7.11 Å². The third-order valence-electron chi connectivity index (χ3n) is 3.01. The number of para-hydroxylation sites is 3. The Morgan fingerprint density at radius 3 is 2.90 bits per heavy atom. The molecule has 0 atom stereocenters. The molecule has 0 unspecified atom stereocenters. The normalized spacial score (nSPS) is 11.2. The van der Waals surface area contributed by atoms with Crippen LogP contribution in [0.25, 0.3) is 11.0 Å². The Balaban J connectivity index is 1.98. The Hall–Kier alpha value is -2.82. The van der Waals surface area contributed by atoms with Gasteiger partial charge in [-0.2, -0.15) is 5.10 Å². The van der Waals surface area contributed by atoms with Crippen molar-refractivity contribution in [3.8, 4) is 11.5 Å². The molecule has 0 saturated carbocycles. The number of ether oxygens (including phenoxy) is 1. The third kappa shape index (κ3) is 2.09. The summed E-state index contributed by atoms with van der Waals surface area (Å²) in [4.78, 5) is 4.25. The molecule has 5 nitrogen and oxygen atoms in total. The standard InChI is InChI=1S/C15H13N3O2/c1-20-14-8-4-5-11(15(14)19)9-17-18-10-16-12-6-2-3-7-13(12)18/h2-10,19H,1H3/b17-9+. The monoisotopic (exact) mass is 267 g/mol. The summed E-state index contributed by atoms with van der Waals surface area (Å²) in [5.41, 5.74) is 2.37. The highest BCUT2D eigenvalue weighted by Crippen LogP contribution is 2.28. The number of phenolic OH excluding ortho intramolecular Hbond substituents is 1. The van der Waals surface area contributed by atoms with Gasteiger partial charge in [0.2, 0.25) is 0 Å². The first kappa shape index (κ1) is 12.2. The SMILES string of the molecule is COc1cccc(/C=N/n2cnc3ccccc32)c1O. The van der Waals surface area contributed by atoms with E-state index in [9.17, 15) is 5.11 Å². The maximum absolute atomic E-state index is 9.99. The van der Waals surface area contributed by atoms with Crippen LogP contribution in [0.1, 0.15) is 5.56 Å². The van der Waals surface area contributed by atoms with Gasteiger partial charge in [0.1, 0.15) is 6.33 Å². The summed E-state index contributed by atoms with van der Waals surface area (Å²) in [7, 11) is 1.51. The lowest BCUT2D eigenvalue weighted by Gasteiger charge is -2.04. The van der Waals surface area contributed by atoms with Crippen molar-refractivity contribution in [3.63, 3.8) is 0 Å². The molecule has 0 radical (unpaired) electrons. The van der Waals surface area contributed by atoms with Crippen LogP contribution < -0.4 is 4.74 Å². The van der Waals surface area contributed by atoms with E-state index >= 15 is 0 Å². The fraction of sp³-hybridized carbons (Fsp3) is 0.0667. The molecule has 100 valence electrons. The second-order valence-electron chi connectivity index (χ2n) is 4.22. The average molecular weight is 267 g/mol. The molecule has 0 aliphatic heterocycles. The quantitative estimate of drug-likeness (QED) is 0.742. The number of imidazole rings is 1. The largest absolute Gasteiger partial charge is 0.504 e.